The van der Waals surface area contributed by atoms with Gasteiger partial charge in [0.1, 0.15) is 12.4 Å². The average Bonchev–Trinajstić information content (AvgIpc) is 2.46. The molecule has 3 heteroatoms. The molecular weight excluding hydrogens is 316 g/mol. The number of benzene rings is 2. The summed E-state index contributed by atoms with van der Waals surface area (Å²) in [6.07, 6.45) is 0. The highest BCUT2D eigenvalue weighted by Crippen LogP contribution is 2.33. The average molecular weight is 335 g/mol. The van der Waals surface area contributed by atoms with E-state index in [2.05, 4.69) is 22.0 Å². The Morgan fingerprint density at radius 3 is 2.50 bits per heavy atom. The summed E-state index contributed by atoms with van der Waals surface area (Å²) in [6, 6.07) is 14.2. The Labute approximate surface area is 128 Å². The molecule has 0 fully saturated rings. The van der Waals surface area contributed by atoms with Gasteiger partial charge in [-0.05, 0) is 45.6 Å². The van der Waals surface area contributed by atoms with Crippen LogP contribution in [0.2, 0.25) is 0 Å². The maximum absolute atomic E-state index is 9.24. The summed E-state index contributed by atoms with van der Waals surface area (Å²) < 4.78 is 6.85. The van der Waals surface area contributed by atoms with Gasteiger partial charge in [0.05, 0.1) is 4.47 Å². The summed E-state index contributed by atoms with van der Waals surface area (Å²) in [5.74, 6) is 0.996. The van der Waals surface area contributed by atoms with Gasteiger partial charge in [0, 0.05) is 12.5 Å². The second kappa shape index (κ2) is 6.91. The zero-order valence-corrected chi connectivity index (χ0v) is 13.4. The van der Waals surface area contributed by atoms with Gasteiger partial charge in [0.25, 0.3) is 0 Å². The molecule has 106 valence electrons. The maximum Gasteiger partial charge on any atom is 0.136 e. The van der Waals surface area contributed by atoms with Crippen LogP contribution >= 0.6 is 15.9 Å². The molecular formula is C17H19BrO2. The van der Waals surface area contributed by atoms with Gasteiger partial charge in [-0.1, -0.05) is 43.3 Å². The van der Waals surface area contributed by atoms with Gasteiger partial charge >= 0.3 is 0 Å². The van der Waals surface area contributed by atoms with Crippen LogP contribution in [0, 0.1) is 6.92 Å². The lowest BCUT2D eigenvalue weighted by atomic mass is 10.00. The molecule has 1 N–H and O–H groups in total. The van der Waals surface area contributed by atoms with Crippen molar-refractivity contribution in [3.8, 4) is 5.75 Å². The van der Waals surface area contributed by atoms with E-state index in [0.29, 0.717) is 6.61 Å². The normalized spacial score (nSPS) is 12.2. The Hall–Kier alpha value is -1.32. The Balaban J connectivity index is 2.16. The predicted octanol–water partition coefficient (Wildman–Crippen LogP) is 4.43. The largest absolute Gasteiger partial charge is 0.487 e. The number of aliphatic hydroxyl groups is 1. The third kappa shape index (κ3) is 3.62. The number of rotatable bonds is 5. The van der Waals surface area contributed by atoms with Crippen LogP contribution in [0.15, 0.2) is 46.9 Å². The molecule has 0 aliphatic heterocycles. The molecule has 0 bridgehead atoms. The van der Waals surface area contributed by atoms with Gasteiger partial charge < -0.3 is 9.84 Å². The fraction of sp³-hybridized carbons (Fsp3) is 0.294. The van der Waals surface area contributed by atoms with Crippen LogP contribution < -0.4 is 4.74 Å². The minimum absolute atomic E-state index is 0.133. The summed E-state index contributed by atoms with van der Waals surface area (Å²) in [4.78, 5) is 0. The second-order valence-corrected chi connectivity index (χ2v) is 5.86. The van der Waals surface area contributed by atoms with Crippen LogP contribution in [0.1, 0.15) is 29.5 Å². The SMILES string of the molecule is Cc1cc(C(C)CO)cc(Br)c1OCc1ccccc1. The molecule has 2 nitrogen and oxygen atoms in total. The fourth-order valence-electron chi connectivity index (χ4n) is 2.06. The van der Waals surface area contributed by atoms with Crippen LogP contribution in [0.3, 0.4) is 0 Å². The third-order valence-corrected chi connectivity index (χ3v) is 3.91. The first kappa shape index (κ1) is 15.1. The molecule has 0 aliphatic rings. The van der Waals surface area contributed by atoms with E-state index in [9.17, 15) is 5.11 Å². The quantitative estimate of drug-likeness (QED) is 0.876. The molecule has 0 spiro atoms. The molecule has 0 radical (unpaired) electrons. The molecule has 2 aromatic rings. The fourth-order valence-corrected chi connectivity index (χ4v) is 2.75. The first-order valence-corrected chi connectivity index (χ1v) is 7.48. The van der Waals surface area contributed by atoms with Gasteiger partial charge in [-0.15, -0.1) is 0 Å². The molecule has 0 aromatic heterocycles. The Kier molecular flexibility index (Phi) is 5.21. The molecule has 2 aromatic carbocycles. The predicted molar refractivity (Wildman–Crippen MR) is 85.2 cm³/mol. The van der Waals surface area contributed by atoms with Crippen molar-refractivity contribution in [1.82, 2.24) is 0 Å². The summed E-state index contributed by atoms with van der Waals surface area (Å²) in [5.41, 5.74) is 3.33. The summed E-state index contributed by atoms with van der Waals surface area (Å²) in [7, 11) is 0. The van der Waals surface area contributed by atoms with Crippen molar-refractivity contribution >= 4 is 15.9 Å². The number of hydrogen-bond acceptors (Lipinski definition) is 2. The number of halogens is 1. The van der Waals surface area contributed by atoms with Crippen LogP contribution in [0.5, 0.6) is 5.75 Å². The topological polar surface area (TPSA) is 29.5 Å². The molecule has 1 atom stereocenters. The molecule has 20 heavy (non-hydrogen) atoms. The van der Waals surface area contributed by atoms with E-state index in [0.717, 1.165) is 26.9 Å². The Bertz CT molecular complexity index is 543. The van der Waals surface area contributed by atoms with Crippen molar-refractivity contribution in [2.24, 2.45) is 0 Å². The minimum atomic E-state index is 0.133. The molecule has 0 saturated heterocycles. The van der Waals surface area contributed by atoms with Crippen LogP contribution in [0.4, 0.5) is 0 Å². The lowest BCUT2D eigenvalue weighted by Gasteiger charge is -2.15. The molecule has 0 amide bonds. The van der Waals surface area contributed by atoms with E-state index >= 15 is 0 Å². The summed E-state index contributed by atoms with van der Waals surface area (Å²) in [6.45, 7) is 4.73. The van der Waals surface area contributed by atoms with Gasteiger partial charge in [-0.3, -0.25) is 0 Å². The van der Waals surface area contributed by atoms with Gasteiger partial charge in [0.15, 0.2) is 0 Å². The van der Waals surface area contributed by atoms with Gasteiger partial charge in [0.2, 0.25) is 0 Å². The third-order valence-electron chi connectivity index (χ3n) is 3.32. The molecule has 2 rings (SSSR count). The van der Waals surface area contributed by atoms with E-state index in [-0.39, 0.29) is 12.5 Å². The van der Waals surface area contributed by atoms with Crippen LogP contribution in [0.25, 0.3) is 0 Å². The molecule has 1 unspecified atom stereocenters. The van der Waals surface area contributed by atoms with Crippen molar-refractivity contribution in [2.75, 3.05) is 6.61 Å². The Morgan fingerprint density at radius 1 is 1.20 bits per heavy atom. The van der Waals surface area contributed by atoms with Crippen molar-refractivity contribution in [1.29, 1.82) is 0 Å². The number of aryl methyl sites for hydroxylation is 1. The highest BCUT2D eigenvalue weighted by Gasteiger charge is 2.11. The van der Waals surface area contributed by atoms with Gasteiger partial charge in [-0.2, -0.15) is 0 Å². The number of aliphatic hydroxyl groups excluding tert-OH is 1. The second-order valence-electron chi connectivity index (χ2n) is 5.01. The lowest BCUT2D eigenvalue weighted by Crippen LogP contribution is -2.02. The summed E-state index contributed by atoms with van der Waals surface area (Å²) in [5, 5.41) is 9.24. The van der Waals surface area contributed by atoms with E-state index in [1.165, 1.54) is 0 Å². The number of ether oxygens (including phenoxy) is 1. The smallest absolute Gasteiger partial charge is 0.136 e. The van der Waals surface area contributed by atoms with Crippen molar-refractivity contribution in [2.45, 2.75) is 26.4 Å². The minimum Gasteiger partial charge on any atom is -0.487 e. The zero-order valence-electron chi connectivity index (χ0n) is 11.8. The van der Waals surface area contributed by atoms with E-state index in [1.807, 2.05) is 50.2 Å². The lowest BCUT2D eigenvalue weighted by molar-refractivity contribution is 0.272. The standard InChI is InChI=1S/C17H19BrO2/c1-12-8-15(13(2)10-19)9-16(18)17(12)20-11-14-6-4-3-5-7-14/h3-9,13,19H,10-11H2,1-2H3. The Morgan fingerprint density at radius 2 is 1.90 bits per heavy atom. The van der Waals surface area contributed by atoms with Crippen LogP contribution in [-0.4, -0.2) is 11.7 Å². The van der Waals surface area contributed by atoms with E-state index < -0.39 is 0 Å². The van der Waals surface area contributed by atoms with Crippen molar-refractivity contribution in [3.05, 3.63) is 63.6 Å². The van der Waals surface area contributed by atoms with Crippen molar-refractivity contribution in [3.63, 3.8) is 0 Å². The molecule has 0 aliphatic carbocycles. The maximum atomic E-state index is 9.24. The van der Waals surface area contributed by atoms with Gasteiger partial charge in [-0.25, -0.2) is 0 Å². The molecule has 0 heterocycles. The molecule has 0 saturated carbocycles. The first-order valence-electron chi connectivity index (χ1n) is 6.69. The van der Waals surface area contributed by atoms with E-state index in [4.69, 9.17) is 4.74 Å². The highest BCUT2D eigenvalue weighted by atomic mass is 79.9. The first-order chi connectivity index (χ1) is 9.61. The summed E-state index contributed by atoms with van der Waals surface area (Å²) >= 11 is 3.56. The number of hydrogen-bond donors (Lipinski definition) is 1. The zero-order chi connectivity index (χ0) is 14.5. The van der Waals surface area contributed by atoms with Crippen molar-refractivity contribution < 1.29 is 9.84 Å². The monoisotopic (exact) mass is 334 g/mol. The van der Waals surface area contributed by atoms with E-state index in [1.54, 1.807) is 0 Å². The van der Waals surface area contributed by atoms with Crippen LogP contribution in [-0.2, 0) is 6.61 Å². The highest BCUT2D eigenvalue weighted by molar-refractivity contribution is 9.10.